The Balaban J connectivity index is 1.78. The Morgan fingerprint density at radius 2 is 1.89 bits per heavy atom. The molecule has 0 spiro atoms. The van der Waals surface area contributed by atoms with Gasteiger partial charge in [0.05, 0.1) is 19.2 Å². The predicted molar refractivity (Wildman–Crippen MR) is 132 cm³/mol. The van der Waals surface area contributed by atoms with Gasteiger partial charge in [-0.05, 0) is 17.9 Å². The first-order chi connectivity index (χ1) is 17.7. The molecule has 196 valence electrons. The second kappa shape index (κ2) is 12.9. The topological polar surface area (TPSA) is 172 Å². The number of esters is 1. The number of rotatable bonds is 11. The highest BCUT2D eigenvalue weighted by Crippen LogP contribution is 2.20. The van der Waals surface area contributed by atoms with Crippen molar-refractivity contribution in [1.82, 2.24) is 20.6 Å². The molecule has 0 saturated carbocycles. The van der Waals surface area contributed by atoms with Gasteiger partial charge in [-0.2, -0.15) is 0 Å². The van der Waals surface area contributed by atoms with E-state index in [9.17, 15) is 19.2 Å². The van der Waals surface area contributed by atoms with Gasteiger partial charge in [0, 0.05) is 18.8 Å². The fraction of sp³-hybridized carbons (Fsp3) is 0.417. The van der Waals surface area contributed by atoms with Crippen LogP contribution >= 0.6 is 0 Å². The SMILES string of the molecule is COC(=O)[C@H](N)[C@H]1OB([C@H](CC(C)C)NC(=O)[C@H](Cc2ccccc2)NC(=O)c2cnccn2)OC1=O. The normalized spacial score (nSPS) is 17.5. The third-order valence-corrected chi connectivity index (χ3v) is 5.63. The predicted octanol–water partition coefficient (Wildman–Crippen LogP) is -0.182. The van der Waals surface area contributed by atoms with Gasteiger partial charge in [0.1, 0.15) is 17.8 Å². The summed E-state index contributed by atoms with van der Waals surface area (Å²) >= 11 is 0. The van der Waals surface area contributed by atoms with E-state index < -0.39 is 55.0 Å². The van der Waals surface area contributed by atoms with Crippen molar-refractivity contribution in [3.05, 3.63) is 60.2 Å². The molecule has 13 heteroatoms. The van der Waals surface area contributed by atoms with E-state index in [1.54, 1.807) is 0 Å². The molecule has 4 atom stereocenters. The highest BCUT2D eigenvalue weighted by atomic mass is 16.7. The summed E-state index contributed by atoms with van der Waals surface area (Å²) in [7, 11) is -0.0446. The Morgan fingerprint density at radius 1 is 1.16 bits per heavy atom. The molecule has 2 amide bonds. The summed E-state index contributed by atoms with van der Waals surface area (Å²) in [5.74, 6) is -3.46. The van der Waals surface area contributed by atoms with Crippen molar-refractivity contribution in [1.29, 1.82) is 0 Å². The number of benzene rings is 1. The van der Waals surface area contributed by atoms with Crippen LogP contribution in [0.1, 0.15) is 36.3 Å². The fourth-order valence-corrected chi connectivity index (χ4v) is 3.81. The van der Waals surface area contributed by atoms with Crippen molar-refractivity contribution < 1.29 is 33.2 Å². The largest absolute Gasteiger partial charge is 0.552 e. The van der Waals surface area contributed by atoms with E-state index in [4.69, 9.17) is 15.0 Å². The average Bonchev–Trinajstić information content (AvgIpc) is 3.29. The van der Waals surface area contributed by atoms with Crippen LogP contribution in [0.5, 0.6) is 0 Å². The lowest BCUT2D eigenvalue weighted by Gasteiger charge is -2.25. The summed E-state index contributed by atoms with van der Waals surface area (Å²) in [6, 6.07) is 6.80. The molecule has 37 heavy (non-hydrogen) atoms. The van der Waals surface area contributed by atoms with Crippen LogP contribution in [0.15, 0.2) is 48.9 Å². The van der Waals surface area contributed by atoms with Gasteiger partial charge in [0.2, 0.25) is 5.91 Å². The van der Waals surface area contributed by atoms with Crippen LogP contribution in [0.4, 0.5) is 0 Å². The number of ether oxygens (including phenoxy) is 1. The minimum atomic E-state index is -1.38. The van der Waals surface area contributed by atoms with Crippen LogP contribution < -0.4 is 16.4 Å². The number of amides is 2. The zero-order valence-electron chi connectivity index (χ0n) is 20.8. The quantitative estimate of drug-likeness (QED) is 0.271. The molecule has 0 bridgehead atoms. The highest BCUT2D eigenvalue weighted by molar-refractivity contribution is 6.51. The molecule has 1 fully saturated rings. The Kier molecular flexibility index (Phi) is 9.69. The molecular weight excluding hydrogens is 481 g/mol. The van der Waals surface area contributed by atoms with E-state index in [-0.39, 0.29) is 18.0 Å². The molecule has 1 aromatic heterocycles. The molecular formula is C24H30BN5O7. The van der Waals surface area contributed by atoms with Crippen LogP contribution in [-0.4, -0.2) is 72.1 Å². The summed E-state index contributed by atoms with van der Waals surface area (Å²) in [4.78, 5) is 58.3. The minimum Gasteiger partial charge on any atom is -0.506 e. The average molecular weight is 511 g/mol. The Morgan fingerprint density at radius 3 is 2.51 bits per heavy atom. The van der Waals surface area contributed by atoms with Crippen molar-refractivity contribution in [3.63, 3.8) is 0 Å². The summed E-state index contributed by atoms with van der Waals surface area (Å²) < 4.78 is 15.6. The molecule has 1 aliphatic heterocycles. The first-order valence-corrected chi connectivity index (χ1v) is 11.8. The molecule has 1 aromatic carbocycles. The molecule has 12 nitrogen and oxygen atoms in total. The standard InChI is InChI=1S/C24H30BN5O7/c1-14(2)11-18(25-36-20(24(34)37-25)19(26)23(33)35-3)30-21(31)16(12-15-7-5-4-6-8-15)29-22(32)17-13-27-9-10-28-17/h4-10,13-14,16,18-20H,11-12,26H2,1-3H3,(H,29,32)(H,30,31)/t16-,18-,19+,20+/m0/s1. The van der Waals surface area contributed by atoms with Crippen LogP contribution in [0.25, 0.3) is 0 Å². The van der Waals surface area contributed by atoms with E-state index >= 15 is 0 Å². The molecule has 0 unspecified atom stereocenters. The maximum atomic E-state index is 13.5. The number of carbonyl (C=O) groups is 4. The molecule has 1 saturated heterocycles. The second-order valence-electron chi connectivity index (χ2n) is 8.96. The first kappa shape index (κ1) is 27.7. The van der Waals surface area contributed by atoms with Crippen molar-refractivity contribution in [2.75, 3.05) is 7.11 Å². The minimum absolute atomic E-state index is 0.0554. The lowest BCUT2D eigenvalue weighted by atomic mass is 9.74. The molecule has 4 N–H and O–H groups in total. The zero-order chi connectivity index (χ0) is 26.9. The molecule has 0 radical (unpaired) electrons. The number of aromatic nitrogens is 2. The van der Waals surface area contributed by atoms with Gasteiger partial charge in [-0.15, -0.1) is 0 Å². The first-order valence-electron chi connectivity index (χ1n) is 11.8. The Hall–Kier alpha value is -3.84. The number of nitrogens with zero attached hydrogens (tertiary/aromatic N) is 2. The van der Waals surface area contributed by atoms with Crippen molar-refractivity contribution in [2.24, 2.45) is 11.7 Å². The Labute approximate surface area is 214 Å². The fourth-order valence-electron chi connectivity index (χ4n) is 3.81. The second-order valence-corrected chi connectivity index (χ2v) is 8.96. The van der Waals surface area contributed by atoms with E-state index in [0.29, 0.717) is 6.42 Å². The maximum absolute atomic E-state index is 13.5. The Bertz CT molecular complexity index is 1090. The summed E-state index contributed by atoms with van der Waals surface area (Å²) in [5, 5.41) is 5.55. The molecule has 2 aromatic rings. The van der Waals surface area contributed by atoms with E-state index in [1.165, 1.54) is 18.6 Å². The van der Waals surface area contributed by atoms with Crippen molar-refractivity contribution >= 4 is 30.9 Å². The van der Waals surface area contributed by atoms with Crippen LogP contribution in [-0.2, 0) is 34.9 Å². The number of hydrogen-bond acceptors (Lipinski definition) is 10. The molecule has 2 heterocycles. The lowest BCUT2D eigenvalue weighted by molar-refractivity contribution is -0.149. The van der Waals surface area contributed by atoms with Crippen LogP contribution in [0.3, 0.4) is 0 Å². The number of methoxy groups -OCH3 is 1. The number of nitrogens with two attached hydrogens (primary N) is 1. The van der Waals surface area contributed by atoms with E-state index in [2.05, 4.69) is 25.3 Å². The van der Waals surface area contributed by atoms with Gasteiger partial charge in [-0.1, -0.05) is 44.2 Å². The summed E-state index contributed by atoms with van der Waals surface area (Å²) in [6.07, 6.45) is 3.30. The monoisotopic (exact) mass is 511 g/mol. The van der Waals surface area contributed by atoms with Crippen molar-refractivity contribution in [3.8, 4) is 0 Å². The number of nitrogens with one attached hydrogen (secondary N) is 2. The van der Waals surface area contributed by atoms with Gasteiger partial charge < -0.3 is 30.4 Å². The molecule has 1 aliphatic rings. The number of carbonyl (C=O) groups excluding carboxylic acids is 4. The lowest BCUT2D eigenvalue weighted by Crippen LogP contribution is -2.55. The van der Waals surface area contributed by atoms with E-state index in [0.717, 1.165) is 12.7 Å². The number of hydrogen-bond donors (Lipinski definition) is 3. The summed E-state index contributed by atoms with van der Waals surface area (Å²) in [6.45, 7) is 3.84. The highest BCUT2D eigenvalue weighted by Gasteiger charge is 2.50. The van der Waals surface area contributed by atoms with Gasteiger partial charge in [0.25, 0.3) is 5.91 Å². The van der Waals surface area contributed by atoms with Gasteiger partial charge in [0.15, 0.2) is 6.10 Å². The maximum Gasteiger partial charge on any atom is 0.552 e. The van der Waals surface area contributed by atoms with Crippen molar-refractivity contribution in [2.45, 2.75) is 50.8 Å². The summed E-state index contributed by atoms with van der Waals surface area (Å²) in [5.41, 5.74) is 6.66. The smallest absolute Gasteiger partial charge is 0.506 e. The molecule has 3 rings (SSSR count). The zero-order valence-corrected chi connectivity index (χ0v) is 20.8. The molecule has 0 aliphatic carbocycles. The van der Waals surface area contributed by atoms with Gasteiger partial charge >= 0.3 is 19.1 Å². The van der Waals surface area contributed by atoms with Gasteiger partial charge in [-0.25, -0.2) is 4.98 Å². The van der Waals surface area contributed by atoms with Crippen LogP contribution in [0.2, 0.25) is 0 Å². The van der Waals surface area contributed by atoms with Gasteiger partial charge in [-0.3, -0.25) is 24.2 Å². The van der Waals surface area contributed by atoms with Crippen LogP contribution in [0, 0.1) is 5.92 Å². The van der Waals surface area contributed by atoms with E-state index in [1.807, 2.05) is 44.2 Å². The third kappa shape index (κ3) is 7.57. The third-order valence-electron chi connectivity index (χ3n) is 5.63.